The highest BCUT2D eigenvalue weighted by atomic mass is 79.9. The van der Waals surface area contributed by atoms with E-state index in [-0.39, 0.29) is 4.90 Å². The van der Waals surface area contributed by atoms with Gasteiger partial charge in [-0.2, -0.15) is 0 Å². The van der Waals surface area contributed by atoms with Gasteiger partial charge in [-0.1, -0.05) is 34.1 Å². The maximum atomic E-state index is 12.3. The van der Waals surface area contributed by atoms with Crippen molar-refractivity contribution in [2.45, 2.75) is 11.8 Å². The first-order valence-corrected chi connectivity index (χ1v) is 8.13. The van der Waals surface area contributed by atoms with Gasteiger partial charge in [-0.15, -0.1) is 0 Å². The predicted molar refractivity (Wildman–Crippen MR) is 82.7 cm³/mol. The molecule has 6 heteroatoms. The summed E-state index contributed by atoms with van der Waals surface area (Å²) in [7, 11) is -2.06. The van der Waals surface area contributed by atoms with Crippen molar-refractivity contribution in [1.82, 2.24) is 0 Å². The summed E-state index contributed by atoms with van der Waals surface area (Å²) < 4.78 is 33.1. The van der Waals surface area contributed by atoms with E-state index in [1.165, 1.54) is 0 Å². The molecule has 0 saturated carbocycles. The third-order valence-corrected chi connectivity index (χ3v) is 4.68. The molecule has 0 aromatic heterocycles. The summed E-state index contributed by atoms with van der Waals surface area (Å²) in [6.45, 7) is 1.80. The minimum atomic E-state index is -3.60. The lowest BCUT2D eigenvalue weighted by Crippen LogP contribution is -2.13. The molecule has 0 bridgehead atoms. The second-order valence-electron chi connectivity index (χ2n) is 4.20. The van der Waals surface area contributed by atoms with E-state index < -0.39 is 10.0 Å². The van der Waals surface area contributed by atoms with Gasteiger partial charge >= 0.3 is 0 Å². The molecule has 0 aliphatic rings. The molecule has 106 valence electrons. The number of sulfonamides is 1. The monoisotopic (exact) mass is 355 g/mol. The van der Waals surface area contributed by atoms with Crippen LogP contribution in [0.2, 0.25) is 0 Å². The molecule has 0 aliphatic heterocycles. The SMILES string of the molecule is COc1cc(Br)cc(NS(=O)(=O)c2ccccc2)c1C. The lowest BCUT2D eigenvalue weighted by Gasteiger charge is -2.14. The molecule has 0 amide bonds. The number of anilines is 1. The number of ether oxygens (including phenoxy) is 1. The summed E-state index contributed by atoms with van der Waals surface area (Å²) in [5.41, 5.74) is 1.22. The zero-order valence-corrected chi connectivity index (χ0v) is 13.5. The van der Waals surface area contributed by atoms with Crippen molar-refractivity contribution in [3.05, 3.63) is 52.5 Å². The van der Waals surface area contributed by atoms with Gasteiger partial charge in [0.2, 0.25) is 0 Å². The fourth-order valence-corrected chi connectivity index (χ4v) is 3.35. The second-order valence-corrected chi connectivity index (χ2v) is 6.80. The average molecular weight is 356 g/mol. The summed E-state index contributed by atoms with van der Waals surface area (Å²) in [6.07, 6.45) is 0. The Balaban J connectivity index is 2.42. The summed E-state index contributed by atoms with van der Waals surface area (Å²) in [4.78, 5) is 0.221. The van der Waals surface area contributed by atoms with Crippen molar-refractivity contribution in [2.75, 3.05) is 11.8 Å². The molecule has 2 aromatic rings. The third-order valence-electron chi connectivity index (χ3n) is 2.84. The average Bonchev–Trinajstić information content (AvgIpc) is 2.43. The molecule has 0 heterocycles. The van der Waals surface area contributed by atoms with Crippen LogP contribution in [0.5, 0.6) is 5.75 Å². The highest BCUT2D eigenvalue weighted by Gasteiger charge is 2.16. The van der Waals surface area contributed by atoms with E-state index in [0.29, 0.717) is 11.4 Å². The molecule has 0 spiro atoms. The summed E-state index contributed by atoms with van der Waals surface area (Å²) in [6, 6.07) is 11.7. The Morgan fingerprint density at radius 2 is 1.80 bits per heavy atom. The van der Waals surface area contributed by atoms with Gasteiger partial charge in [-0.25, -0.2) is 8.42 Å². The smallest absolute Gasteiger partial charge is 0.261 e. The largest absolute Gasteiger partial charge is 0.496 e. The molecule has 0 unspecified atom stereocenters. The van der Waals surface area contributed by atoms with Crippen molar-refractivity contribution in [3.8, 4) is 5.75 Å². The summed E-state index contributed by atoms with van der Waals surface area (Å²) in [5, 5.41) is 0. The molecular formula is C14H14BrNO3S. The molecule has 1 N–H and O–H groups in total. The van der Waals surface area contributed by atoms with E-state index >= 15 is 0 Å². The topological polar surface area (TPSA) is 55.4 Å². The number of hydrogen-bond acceptors (Lipinski definition) is 3. The van der Waals surface area contributed by atoms with Crippen molar-refractivity contribution < 1.29 is 13.2 Å². The van der Waals surface area contributed by atoms with Crippen LogP contribution in [0, 0.1) is 6.92 Å². The van der Waals surface area contributed by atoms with Crippen molar-refractivity contribution in [1.29, 1.82) is 0 Å². The van der Waals surface area contributed by atoms with Crippen LogP contribution in [0.15, 0.2) is 51.8 Å². The van der Waals surface area contributed by atoms with Crippen molar-refractivity contribution in [3.63, 3.8) is 0 Å². The van der Waals surface area contributed by atoms with Gasteiger partial charge in [0, 0.05) is 10.0 Å². The van der Waals surface area contributed by atoms with Crippen molar-refractivity contribution >= 4 is 31.6 Å². The van der Waals surface area contributed by atoms with Gasteiger partial charge in [0.05, 0.1) is 17.7 Å². The van der Waals surface area contributed by atoms with E-state index in [1.807, 2.05) is 0 Å². The highest BCUT2D eigenvalue weighted by Crippen LogP contribution is 2.31. The maximum Gasteiger partial charge on any atom is 0.261 e. The zero-order valence-electron chi connectivity index (χ0n) is 11.1. The van der Waals surface area contributed by atoms with Gasteiger partial charge in [0.1, 0.15) is 5.75 Å². The molecule has 4 nitrogen and oxygen atoms in total. The standard InChI is InChI=1S/C14H14BrNO3S/c1-10-13(8-11(15)9-14(10)19-2)16-20(17,18)12-6-4-3-5-7-12/h3-9,16H,1-2H3. The molecular weight excluding hydrogens is 342 g/mol. The first-order chi connectivity index (χ1) is 9.44. The first-order valence-electron chi connectivity index (χ1n) is 5.86. The molecule has 0 fully saturated rings. The van der Waals surface area contributed by atoms with E-state index in [2.05, 4.69) is 20.7 Å². The van der Waals surface area contributed by atoms with Gasteiger partial charge in [0.15, 0.2) is 0 Å². The Labute approximate surface area is 127 Å². The fourth-order valence-electron chi connectivity index (χ4n) is 1.78. The number of hydrogen-bond donors (Lipinski definition) is 1. The van der Waals surface area contributed by atoms with Crippen LogP contribution in [0.3, 0.4) is 0 Å². The third kappa shape index (κ3) is 3.13. The minimum absolute atomic E-state index is 0.221. The van der Waals surface area contributed by atoms with Crippen LogP contribution in [0.25, 0.3) is 0 Å². The summed E-state index contributed by atoms with van der Waals surface area (Å²) in [5.74, 6) is 0.616. The Morgan fingerprint density at radius 3 is 2.40 bits per heavy atom. The molecule has 0 aliphatic carbocycles. The molecule has 20 heavy (non-hydrogen) atoms. The van der Waals surface area contributed by atoms with Crippen LogP contribution in [0.4, 0.5) is 5.69 Å². The van der Waals surface area contributed by atoms with Crippen LogP contribution >= 0.6 is 15.9 Å². The van der Waals surface area contributed by atoms with Crippen molar-refractivity contribution in [2.24, 2.45) is 0 Å². The van der Waals surface area contributed by atoms with Gasteiger partial charge < -0.3 is 4.74 Å². The normalized spacial score (nSPS) is 11.2. The fraction of sp³-hybridized carbons (Fsp3) is 0.143. The molecule has 2 aromatic carbocycles. The van der Waals surface area contributed by atoms with Gasteiger partial charge in [0.25, 0.3) is 10.0 Å². The highest BCUT2D eigenvalue weighted by molar-refractivity contribution is 9.10. The lowest BCUT2D eigenvalue weighted by atomic mass is 10.2. The Hall–Kier alpha value is -1.53. The molecule has 0 atom stereocenters. The molecule has 2 rings (SSSR count). The number of nitrogens with one attached hydrogen (secondary N) is 1. The first kappa shape index (κ1) is 14.9. The Kier molecular flexibility index (Phi) is 4.35. The lowest BCUT2D eigenvalue weighted by molar-refractivity contribution is 0.411. The maximum absolute atomic E-state index is 12.3. The summed E-state index contributed by atoms with van der Waals surface area (Å²) >= 11 is 3.34. The molecule has 0 radical (unpaired) electrons. The van der Waals surface area contributed by atoms with E-state index in [0.717, 1.165) is 10.0 Å². The Bertz CT molecular complexity index is 715. The predicted octanol–water partition coefficient (Wildman–Crippen LogP) is 3.57. The van der Waals surface area contributed by atoms with E-state index in [1.54, 1.807) is 56.5 Å². The van der Waals surface area contributed by atoms with Gasteiger partial charge in [-0.05, 0) is 31.2 Å². The number of benzene rings is 2. The second kappa shape index (κ2) is 5.85. The number of halogens is 1. The van der Waals surface area contributed by atoms with Crippen LogP contribution in [-0.4, -0.2) is 15.5 Å². The van der Waals surface area contributed by atoms with Gasteiger partial charge in [-0.3, -0.25) is 4.72 Å². The number of methoxy groups -OCH3 is 1. The Morgan fingerprint density at radius 1 is 1.15 bits per heavy atom. The minimum Gasteiger partial charge on any atom is -0.496 e. The van der Waals surface area contributed by atoms with Crippen LogP contribution in [0.1, 0.15) is 5.56 Å². The zero-order chi connectivity index (χ0) is 14.8. The van der Waals surface area contributed by atoms with Crippen LogP contribution in [-0.2, 0) is 10.0 Å². The quantitative estimate of drug-likeness (QED) is 0.911. The van der Waals surface area contributed by atoms with E-state index in [9.17, 15) is 8.42 Å². The number of rotatable bonds is 4. The van der Waals surface area contributed by atoms with Crippen LogP contribution < -0.4 is 9.46 Å². The molecule has 0 saturated heterocycles. The van der Waals surface area contributed by atoms with E-state index in [4.69, 9.17) is 4.74 Å².